The minimum atomic E-state index is -0.568. The number of nitrogens with zero attached hydrogens (tertiary/aromatic N) is 1. The van der Waals surface area contributed by atoms with Crippen LogP contribution in [-0.4, -0.2) is 25.1 Å². The van der Waals surface area contributed by atoms with E-state index in [-0.39, 0.29) is 11.3 Å². The Balaban J connectivity index is 2.31. The molecule has 0 radical (unpaired) electrons. The molecule has 0 aromatic heterocycles. The zero-order chi connectivity index (χ0) is 17.0. The fourth-order valence-corrected chi connectivity index (χ4v) is 2.15. The largest absolute Gasteiger partial charge is 0.495 e. The van der Waals surface area contributed by atoms with E-state index in [9.17, 15) is 14.9 Å². The molecule has 2 rings (SSSR count). The molecule has 0 bridgehead atoms. The van der Waals surface area contributed by atoms with Crippen molar-refractivity contribution in [3.63, 3.8) is 0 Å². The van der Waals surface area contributed by atoms with E-state index in [1.54, 1.807) is 0 Å². The van der Waals surface area contributed by atoms with Crippen molar-refractivity contribution in [1.29, 1.82) is 0 Å². The van der Waals surface area contributed by atoms with Gasteiger partial charge in [-0.1, -0.05) is 17.7 Å². The molecular formula is C15H13ClN2O5. The third kappa shape index (κ3) is 3.70. The van der Waals surface area contributed by atoms with Gasteiger partial charge < -0.3 is 14.8 Å². The second-order valence-corrected chi connectivity index (χ2v) is 4.86. The molecule has 7 nitrogen and oxygen atoms in total. The van der Waals surface area contributed by atoms with Crippen molar-refractivity contribution < 1.29 is 19.2 Å². The third-order valence-corrected chi connectivity index (χ3v) is 3.34. The standard InChI is InChI=1S/C15H13ClN2O5/c1-22-13-8-14(23-2)12(7-11(13)16)17-15(19)9-4-3-5-10(6-9)18(20)21/h3-8H,1-2H3,(H,17,19). The maximum Gasteiger partial charge on any atom is 0.270 e. The number of nitro benzene ring substituents is 1. The highest BCUT2D eigenvalue weighted by Crippen LogP contribution is 2.36. The van der Waals surface area contributed by atoms with Gasteiger partial charge in [0.25, 0.3) is 11.6 Å². The van der Waals surface area contributed by atoms with Crippen molar-refractivity contribution in [2.24, 2.45) is 0 Å². The topological polar surface area (TPSA) is 90.7 Å². The fraction of sp³-hybridized carbons (Fsp3) is 0.133. The number of nitro groups is 1. The third-order valence-electron chi connectivity index (χ3n) is 3.04. The van der Waals surface area contributed by atoms with E-state index in [1.165, 1.54) is 50.6 Å². The smallest absolute Gasteiger partial charge is 0.270 e. The predicted octanol–water partition coefficient (Wildman–Crippen LogP) is 3.52. The van der Waals surface area contributed by atoms with E-state index in [0.717, 1.165) is 0 Å². The monoisotopic (exact) mass is 336 g/mol. The van der Waals surface area contributed by atoms with Crippen LogP contribution in [0.15, 0.2) is 36.4 Å². The predicted molar refractivity (Wildman–Crippen MR) is 85.6 cm³/mol. The van der Waals surface area contributed by atoms with E-state index in [4.69, 9.17) is 21.1 Å². The Labute approximate surface area is 136 Å². The highest BCUT2D eigenvalue weighted by molar-refractivity contribution is 6.32. The van der Waals surface area contributed by atoms with Crippen molar-refractivity contribution >= 4 is 28.9 Å². The van der Waals surface area contributed by atoms with Gasteiger partial charge in [0.1, 0.15) is 11.5 Å². The molecule has 0 atom stereocenters. The van der Waals surface area contributed by atoms with Gasteiger partial charge in [-0.25, -0.2) is 0 Å². The molecule has 2 aromatic carbocycles. The van der Waals surface area contributed by atoms with E-state index < -0.39 is 10.8 Å². The van der Waals surface area contributed by atoms with Crippen LogP contribution in [0.1, 0.15) is 10.4 Å². The van der Waals surface area contributed by atoms with Crippen LogP contribution in [0.4, 0.5) is 11.4 Å². The van der Waals surface area contributed by atoms with Gasteiger partial charge in [0.2, 0.25) is 0 Å². The average molecular weight is 337 g/mol. The molecule has 2 aromatic rings. The van der Waals surface area contributed by atoms with Crippen LogP contribution in [0, 0.1) is 10.1 Å². The number of hydrogen-bond donors (Lipinski definition) is 1. The van der Waals surface area contributed by atoms with E-state index in [1.807, 2.05) is 0 Å². The van der Waals surface area contributed by atoms with Crippen LogP contribution in [0.5, 0.6) is 11.5 Å². The number of non-ortho nitro benzene ring substituents is 1. The lowest BCUT2D eigenvalue weighted by Gasteiger charge is -2.13. The van der Waals surface area contributed by atoms with Crippen LogP contribution in [0.25, 0.3) is 0 Å². The molecule has 1 N–H and O–H groups in total. The van der Waals surface area contributed by atoms with Crippen molar-refractivity contribution in [2.45, 2.75) is 0 Å². The van der Waals surface area contributed by atoms with Crippen LogP contribution >= 0.6 is 11.6 Å². The molecular weight excluding hydrogens is 324 g/mol. The number of methoxy groups -OCH3 is 2. The molecule has 0 saturated carbocycles. The molecule has 23 heavy (non-hydrogen) atoms. The highest BCUT2D eigenvalue weighted by atomic mass is 35.5. The Bertz CT molecular complexity index is 764. The van der Waals surface area contributed by atoms with E-state index >= 15 is 0 Å². The Morgan fingerprint density at radius 2 is 1.87 bits per heavy atom. The first-order chi connectivity index (χ1) is 11.0. The average Bonchev–Trinajstić information content (AvgIpc) is 2.55. The van der Waals surface area contributed by atoms with Crippen molar-refractivity contribution in [3.05, 3.63) is 57.1 Å². The first-order valence-corrected chi connectivity index (χ1v) is 6.81. The van der Waals surface area contributed by atoms with Gasteiger partial charge in [0.15, 0.2) is 0 Å². The van der Waals surface area contributed by atoms with Gasteiger partial charge in [0, 0.05) is 23.8 Å². The number of carbonyl (C=O) groups excluding carboxylic acids is 1. The number of halogens is 1. The minimum Gasteiger partial charge on any atom is -0.495 e. The normalized spacial score (nSPS) is 10.0. The molecule has 1 amide bonds. The number of amides is 1. The summed E-state index contributed by atoms with van der Waals surface area (Å²) >= 11 is 6.03. The van der Waals surface area contributed by atoms with Gasteiger partial charge in [-0.15, -0.1) is 0 Å². The van der Waals surface area contributed by atoms with E-state index in [0.29, 0.717) is 22.2 Å². The first kappa shape index (κ1) is 16.6. The molecule has 0 fully saturated rings. The molecule has 0 aliphatic carbocycles. The molecule has 0 aliphatic rings. The second kappa shape index (κ2) is 6.97. The lowest BCUT2D eigenvalue weighted by atomic mass is 10.2. The van der Waals surface area contributed by atoms with Gasteiger partial charge in [-0.3, -0.25) is 14.9 Å². The molecule has 0 heterocycles. The zero-order valence-electron chi connectivity index (χ0n) is 12.3. The fourth-order valence-electron chi connectivity index (χ4n) is 1.91. The molecule has 0 saturated heterocycles. The number of benzene rings is 2. The number of hydrogen-bond acceptors (Lipinski definition) is 5. The number of ether oxygens (including phenoxy) is 2. The Kier molecular flexibility index (Phi) is 5.02. The van der Waals surface area contributed by atoms with Crippen molar-refractivity contribution in [3.8, 4) is 11.5 Å². The molecule has 8 heteroatoms. The summed E-state index contributed by atoms with van der Waals surface area (Å²) in [4.78, 5) is 22.5. The summed E-state index contributed by atoms with van der Waals surface area (Å²) in [5.41, 5.74) is 0.306. The van der Waals surface area contributed by atoms with Crippen LogP contribution < -0.4 is 14.8 Å². The summed E-state index contributed by atoms with van der Waals surface area (Å²) in [7, 11) is 2.90. The van der Waals surface area contributed by atoms with Gasteiger partial charge in [-0.05, 0) is 12.1 Å². The van der Waals surface area contributed by atoms with Crippen LogP contribution in [0.3, 0.4) is 0 Å². The maximum absolute atomic E-state index is 12.3. The molecule has 0 unspecified atom stereocenters. The Morgan fingerprint density at radius 1 is 1.17 bits per heavy atom. The zero-order valence-corrected chi connectivity index (χ0v) is 13.1. The summed E-state index contributed by atoms with van der Waals surface area (Å²) in [6.45, 7) is 0. The second-order valence-electron chi connectivity index (χ2n) is 4.45. The summed E-state index contributed by atoms with van der Waals surface area (Å²) < 4.78 is 10.3. The Morgan fingerprint density at radius 3 is 2.48 bits per heavy atom. The lowest BCUT2D eigenvalue weighted by molar-refractivity contribution is -0.384. The van der Waals surface area contributed by atoms with Crippen molar-refractivity contribution in [1.82, 2.24) is 0 Å². The lowest BCUT2D eigenvalue weighted by Crippen LogP contribution is -2.13. The summed E-state index contributed by atoms with van der Waals surface area (Å²) in [5, 5.41) is 13.7. The molecule has 120 valence electrons. The summed E-state index contributed by atoms with van der Waals surface area (Å²) in [5.74, 6) is 0.232. The number of nitrogens with one attached hydrogen (secondary N) is 1. The number of rotatable bonds is 5. The summed E-state index contributed by atoms with van der Waals surface area (Å²) in [6.07, 6.45) is 0. The van der Waals surface area contributed by atoms with Gasteiger partial charge in [-0.2, -0.15) is 0 Å². The van der Waals surface area contributed by atoms with E-state index in [2.05, 4.69) is 5.32 Å². The van der Waals surface area contributed by atoms with Crippen LogP contribution in [-0.2, 0) is 0 Å². The van der Waals surface area contributed by atoms with Gasteiger partial charge >= 0.3 is 0 Å². The van der Waals surface area contributed by atoms with Gasteiger partial charge in [0.05, 0.1) is 29.9 Å². The Hall–Kier alpha value is -2.80. The van der Waals surface area contributed by atoms with Crippen molar-refractivity contribution in [2.75, 3.05) is 19.5 Å². The highest BCUT2D eigenvalue weighted by Gasteiger charge is 2.15. The molecule has 0 spiro atoms. The van der Waals surface area contributed by atoms with Crippen LogP contribution in [0.2, 0.25) is 5.02 Å². The number of anilines is 1. The minimum absolute atomic E-state index is 0.146. The summed E-state index contributed by atoms with van der Waals surface area (Å²) in [6, 6.07) is 8.42. The molecule has 0 aliphatic heterocycles. The maximum atomic E-state index is 12.3. The SMILES string of the molecule is COc1cc(OC)c(NC(=O)c2cccc([N+](=O)[O-])c2)cc1Cl. The quantitative estimate of drug-likeness (QED) is 0.666. The number of carbonyl (C=O) groups is 1. The first-order valence-electron chi connectivity index (χ1n) is 6.43.